The number of nitrogens with zero attached hydrogens (tertiary/aromatic N) is 1. The number of hydrogen-bond donors (Lipinski definition) is 1. The Kier molecular flexibility index (Phi) is 3.48. The van der Waals surface area contributed by atoms with Crippen molar-refractivity contribution < 1.29 is 0 Å². The summed E-state index contributed by atoms with van der Waals surface area (Å²) in [5, 5.41) is 4.83. The first-order chi connectivity index (χ1) is 8.33. The van der Waals surface area contributed by atoms with Crippen LogP contribution in [-0.4, -0.2) is 18.1 Å². The van der Waals surface area contributed by atoms with Gasteiger partial charge in [-0.15, -0.1) is 11.3 Å². The van der Waals surface area contributed by atoms with Crippen LogP contribution in [0.5, 0.6) is 0 Å². The van der Waals surface area contributed by atoms with Crippen LogP contribution in [0, 0.1) is 12.8 Å². The van der Waals surface area contributed by atoms with Crippen molar-refractivity contribution in [2.45, 2.75) is 51.4 Å². The second kappa shape index (κ2) is 5.07. The van der Waals surface area contributed by atoms with Crippen LogP contribution in [0.25, 0.3) is 0 Å². The largest absolute Gasteiger partial charge is 0.316 e. The molecule has 1 unspecified atom stereocenters. The monoisotopic (exact) mass is 250 g/mol. The minimum Gasteiger partial charge on any atom is -0.316 e. The van der Waals surface area contributed by atoms with E-state index < -0.39 is 0 Å². The van der Waals surface area contributed by atoms with Crippen LogP contribution < -0.4 is 5.32 Å². The Morgan fingerprint density at radius 2 is 2.12 bits per heavy atom. The van der Waals surface area contributed by atoms with Crippen LogP contribution in [0.4, 0.5) is 0 Å². The van der Waals surface area contributed by atoms with Crippen molar-refractivity contribution in [2.24, 2.45) is 5.92 Å². The molecule has 3 rings (SSSR count). The highest BCUT2D eigenvalue weighted by Crippen LogP contribution is 2.37. The first kappa shape index (κ1) is 11.7. The van der Waals surface area contributed by atoms with E-state index in [1.807, 2.05) is 11.3 Å². The van der Waals surface area contributed by atoms with Gasteiger partial charge in [-0.3, -0.25) is 0 Å². The van der Waals surface area contributed by atoms with Crippen LogP contribution in [0.1, 0.15) is 53.6 Å². The fourth-order valence-electron chi connectivity index (χ4n) is 3.27. The molecule has 2 nitrogen and oxygen atoms in total. The summed E-state index contributed by atoms with van der Waals surface area (Å²) in [5.74, 6) is 1.61. The summed E-state index contributed by atoms with van der Waals surface area (Å²) in [5.41, 5.74) is 1.44. The van der Waals surface area contributed by atoms with Crippen molar-refractivity contribution >= 4 is 11.3 Å². The molecule has 0 bridgehead atoms. The van der Waals surface area contributed by atoms with Crippen LogP contribution in [0.3, 0.4) is 0 Å². The maximum atomic E-state index is 4.95. The zero-order valence-corrected chi connectivity index (χ0v) is 11.5. The molecule has 1 aromatic rings. The van der Waals surface area contributed by atoms with E-state index in [1.54, 1.807) is 0 Å². The zero-order chi connectivity index (χ0) is 11.7. The Morgan fingerprint density at radius 3 is 2.82 bits per heavy atom. The molecule has 94 valence electrons. The standard InChI is InChI=1S/C14H22N2S/c1-10-14(12-4-2-3-5-12)16-13(17-10)8-11-6-7-15-9-11/h11-12,15H,2-9H2,1H3. The molecule has 0 amide bonds. The van der Waals surface area contributed by atoms with Gasteiger partial charge < -0.3 is 5.32 Å². The zero-order valence-electron chi connectivity index (χ0n) is 10.7. The van der Waals surface area contributed by atoms with E-state index in [2.05, 4.69) is 12.2 Å². The highest BCUT2D eigenvalue weighted by Gasteiger charge is 2.23. The number of aryl methyl sites for hydroxylation is 1. The number of rotatable bonds is 3. The van der Waals surface area contributed by atoms with Gasteiger partial charge in [-0.2, -0.15) is 0 Å². The lowest BCUT2D eigenvalue weighted by atomic mass is 10.0. The van der Waals surface area contributed by atoms with Crippen LogP contribution in [0.2, 0.25) is 0 Å². The van der Waals surface area contributed by atoms with Gasteiger partial charge in [0.15, 0.2) is 0 Å². The van der Waals surface area contributed by atoms with Crippen LogP contribution >= 0.6 is 11.3 Å². The summed E-state index contributed by atoms with van der Waals surface area (Å²) in [4.78, 5) is 6.43. The van der Waals surface area contributed by atoms with E-state index in [-0.39, 0.29) is 0 Å². The Hall–Kier alpha value is -0.410. The molecule has 1 N–H and O–H groups in total. The SMILES string of the molecule is Cc1sc(CC2CCNC2)nc1C1CCCC1. The maximum Gasteiger partial charge on any atom is 0.0934 e. The third-order valence-electron chi connectivity index (χ3n) is 4.24. The molecule has 0 radical (unpaired) electrons. The lowest BCUT2D eigenvalue weighted by molar-refractivity contribution is 0.575. The van der Waals surface area contributed by atoms with E-state index >= 15 is 0 Å². The average Bonchev–Trinajstić information content (AvgIpc) is 3.00. The topological polar surface area (TPSA) is 24.9 Å². The van der Waals surface area contributed by atoms with Crippen molar-refractivity contribution in [1.29, 1.82) is 0 Å². The first-order valence-electron chi connectivity index (χ1n) is 7.00. The molecule has 1 aliphatic carbocycles. The molecule has 2 heterocycles. The van der Waals surface area contributed by atoms with Gasteiger partial charge in [-0.25, -0.2) is 4.98 Å². The minimum atomic E-state index is 0.779. The Bertz CT molecular complexity index is 374. The van der Waals surface area contributed by atoms with E-state index in [4.69, 9.17) is 4.98 Å². The van der Waals surface area contributed by atoms with Crippen molar-refractivity contribution in [2.75, 3.05) is 13.1 Å². The second-order valence-corrected chi connectivity index (χ2v) is 6.88. The van der Waals surface area contributed by atoms with Gasteiger partial charge in [0, 0.05) is 17.2 Å². The van der Waals surface area contributed by atoms with Gasteiger partial charge in [-0.1, -0.05) is 12.8 Å². The summed E-state index contributed by atoms with van der Waals surface area (Å²) < 4.78 is 0. The molecule has 2 aliphatic rings. The summed E-state index contributed by atoms with van der Waals surface area (Å²) in [6.07, 6.45) is 8.08. The van der Waals surface area contributed by atoms with Crippen molar-refractivity contribution in [1.82, 2.24) is 10.3 Å². The molecule has 0 aromatic carbocycles. The fraction of sp³-hybridized carbons (Fsp3) is 0.786. The summed E-state index contributed by atoms with van der Waals surface area (Å²) in [6.45, 7) is 4.66. The first-order valence-corrected chi connectivity index (χ1v) is 7.81. The third-order valence-corrected chi connectivity index (χ3v) is 5.25. The number of thiazole rings is 1. The fourth-order valence-corrected chi connectivity index (χ4v) is 4.40. The molecule has 0 spiro atoms. The molecule has 3 heteroatoms. The quantitative estimate of drug-likeness (QED) is 0.890. The van der Waals surface area contributed by atoms with Gasteiger partial charge >= 0.3 is 0 Å². The predicted molar refractivity (Wildman–Crippen MR) is 72.7 cm³/mol. The molecule has 1 aromatic heterocycles. The Labute approximate surface area is 108 Å². The van der Waals surface area contributed by atoms with Crippen molar-refractivity contribution in [3.63, 3.8) is 0 Å². The van der Waals surface area contributed by atoms with E-state index in [0.717, 1.165) is 11.8 Å². The van der Waals surface area contributed by atoms with Gasteiger partial charge in [0.1, 0.15) is 0 Å². The van der Waals surface area contributed by atoms with E-state index in [1.165, 1.54) is 67.2 Å². The lowest BCUT2D eigenvalue weighted by Crippen LogP contribution is -2.10. The van der Waals surface area contributed by atoms with Crippen LogP contribution in [0.15, 0.2) is 0 Å². The van der Waals surface area contributed by atoms with Gasteiger partial charge in [-0.05, 0) is 45.2 Å². The van der Waals surface area contributed by atoms with Crippen molar-refractivity contribution in [3.05, 3.63) is 15.6 Å². The summed E-state index contributed by atoms with van der Waals surface area (Å²) >= 11 is 1.95. The van der Waals surface area contributed by atoms with Crippen molar-refractivity contribution in [3.8, 4) is 0 Å². The number of nitrogens with one attached hydrogen (secondary N) is 1. The number of hydrogen-bond acceptors (Lipinski definition) is 3. The highest BCUT2D eigenvalue weighted by molar-refractivity contribution is 7.11. The summed E-state index contributed by atoms with van der Waals surface area (Å²) in [7, 11) is 0. The molecule has 1 saturated carbocycles. The van der Waals surface area contributed by atoms with E-state index in [0.29, 0.717) is 0 Å². The highest BCUT2D eigenvalue weighted by atomic mass is 32.1. The predicted octanol–water partition coefficient (Wildman–Crippen LogP) is 3.26. The average molecular weight is 250 g/mol. The van der Waals surface area contributed by atoms with Gasteiger partial charge in [0.2, 0.25) is 0 Å². The molecule has 17 heavy (non-hydrogen) atoms. The minimum absolute atomic E-state index is 0.779. The molecule has 1 atom stereocenters. The van der Waals surface area contributed by atoms with E-state index in [9.17, 15) is 0 Å². The Balaban J connectivity index is 1.70. The summed E-state index contributed by atoms with van der Waals surface area (Å²) in [6, 6.07) is 0. The van der Waals surface area contributed by atoms with Gasteiger partial charge in [0.05, 0.1) is 10.7 Å². The molecular weight excluding hydrogens is 228 g/mol. The molecule has 1 aliphatic heterocycles. The lowest BCUT2D eigenvalue weighted by Gasteiger charge is -2.06. The van der Waals surface area contributed by atoms with Gasteiger partial charge in [0.25, 0.3) is 0 Å². The smallest absolute Gasteiger partial charge is 0.0934 e. The molecule has 1 saturated heterocycles. The maximum absolute atomic E-state index is 4.95. The van der Waals surface area contributed by atoms with Crippen LogP contribution in [-0.2, 0) is 6.42 Å². The third kappa shape index (κ3) is 2.55. The number of aromatic nitrogens is 1. The molecule has 2 fully saturated rings. The second-order valence-electron chi connectivity index (χ2n) is 5.59. The Morgan fingerprint density at radius 1 is 1.29 bits per heavy atom. The normalized spacial score (nSPS) is 25.8. The molecular formula is C14H22N2S.